The minimum atomic E-state index is -4.70. The molecule has 0 unspecified atom stereocenters. The Balaban J connectivity index is 1.47. The number of carbonyl (C=O) groups excluding carboxylic acids is 1. The van der Waals surface area contributed by atoms with Crippen molar-refractivity contribution in [3.8, 4) is 22.9 Å². The number of amides is 1. The summed E-state index contributed by atoms with van der Waals surface area (Å²) in [5.41, 5.74) is 1.77. The van der Waals surface area contributed by atoms with Crippen molar-refractivity contribution in [2.45, 2.75) is 17.0 Å². The molecule has 0 atom stereocenters. The number of hydrogen-bond acceptors (Lipinski definition) is 6. The van der Waals surface area contributed by atoms with Crippen molar-refractivity contribution in [1.29, 1.82) is 5.26 Å². The lowest BCUT2D eigenvalue weighted by Crippen LogP contribution is -2.30. The molecule has 1 amide bonds. The van der Waals surface area contributed by atoms with E-state index in [0.29, 0.717) is 28.1 Å². The largest absolute Gasteiger partial charge is 0.496 e. The number of ether oxygens (including phenoxy) is 1. The van der Waals surface area contributed by atoms with Crippen LogP contribution in [0.5, 0.6) is 5.75 Å². The highest BCUT2D eigenvalue weighted by Crippen LogP contribution is 2.38. The predicted octanol–water partition coefficient (Wildman–Crippen LogP) is 7.20. The van der Waals surface area contributed by atoms with Crippen molar-refractivity contribution in [3.05, 3.63) is 113 Å². The van der Waals surface area contributed by atoms with Crippen LogP contribution in [0.2, 0.25) is 0 Å². The van der Waals surface area contributed by atoms with Gasteiger partial charge in [0.2, 0.25) is 0 Å². The number of benzene rings is 3. The summed E-state index contributed by atoms with van der Waals surface area (Å²) in [5, 5.41) is 13.1. The fourth-order valence-electron chi connectivity index (χ4n) is 4.39. The predicted molar refractivity (Wildman–Crippen MR) is 160 cm³/mol. The van der Waals surface area contributed by atoms with Gasteiger partial charge in [-0.25, -0.2) is 4.98 Å². The van der Waals surface area contributed by atoms with Crippen LogP contribution < -0.4 is 15.0 Å². The lowest BCUT2D eigenvalue weighted by molar-refractivity contribution is -0.141. The first-order chi connectivity index (χ1) is 20.2. The molecule has 1 aliphatic rings. The van der Waals surface area contributed by atoms with Crippen molar-refractivity contribution < 1.29 is 22.7 Å². The molecular formula is C31H21F3N4O2S2. The number of aromatic nitrogens is 1. The minimum Gasteiger partial charge on any atom is -0.496 e. The van der Waals surface area contributed by atoms with Crippen LogP contribution >= 0.6 is 24.0 Å². The van der Waals surface area contributed by atoms with Gasteiger partial charge in [0.25, 0.3) is 5.91 Å². The molecule has 1 saturated heterocycles. The van der Waals surface area contributed by atoms with E-state index in [9.17, 15) is 23.2 Å². The Hall–Kier alpha value is -4.66. The van der Waals surface area contributed by atoms with Gasteiger partial charge < -0.3 is 10.1 Å². The van der Waals surface area contributed by atoms with E-state index >= 15 is 0 Å². The van der Waals surface area contributed by atoms with Gasteiger partial charge in [-0.05, 0) is 59.8 Å². The monoisotopic (exact) mass is 602 g/mol. The van der Waals surface area contributed by atoms with Crippen LogP contribution in [0.3, 0.4) is 0 Å². The van der Waals surface area contributed by atoms with Gasteiger partial charge in [-0.2, -0.15) is 18.4 Å². The van der Waals surface area contributed by atoms with Crippen molar-refractivity contribution in [1.82, 2.24) is 10.3 Å². The molecule has 1 N–H and O–H groups in total. The number of carbonyl (C=O) groups is 1. The highest BCUT2D eigenvalue weighted by atomic mass is 32.2. The highest BCUT2D eigenvalue weighted by molar-refractivity contribution is 7.98. The maximum atomic E-state index is 13.8. The molecule has 1 fully saturated rings. The van der Waals surface area contributed by atoms with Crippen molar-refractivity contribution in [3.63, 3.8) is 0 Å². The number of thioether (sulfide) groups is 1. The zero-order valence-electron chi connectivity index (χ0n) is 22.0. The quantitative estimate of drug-likeness (QED) is 0.136. The Bertz CT molecular complexity index is 1740. The lowest BCUT2D eigenvalue weighted by atomic mass is 10.0. The zero-order chi connectivity index (χ0) is 29.9. The van der Waals surface area contributed by atoms with Crippen LogP contribution in [0, 0.1) is 11.3 Å². The Morgan fingerprint density at radius 1 is 1.07 bits per heavy atom. The van der Waals surface area contributed by atoms with Gasteiger partial charge in [-0.3, -0.25) is 9.69 Å². The number of anilines is 1. The Labute approximate surface area is 249 Å². The molecule has 2 heterocycles. The van der Waals surface area contributed by atoms with Crippen molar-refractivity contribution in [2.75, 3.05) is 12.0 Å². The van der Waals surface area contributed by atoms with Crippen LogP contribution in [0.25, 0.3) is 17.2 Å². The first kappa shape index (κ1) is 28.9. The number of thiocarbonyl (C=S) groups is 1. The van der Waals surface area contributed by atoms with Gasteiger partial charge in [-0.15, -0.1) is 11.8 Å². The van der Waals surface area contributed by atoms with Crippen LogP contribution in [0.4, 0.5) is 18.9 Å². The van der Waals surface area contributed by atoms with E-state index in [-0.39, 0.29) is 38.6 Å². The van der Waals surface area contributed by atoms with Crippen LogP contribution in [-0.4, -0.2) is 23.1 Å². The average Bonchev–Trinajstić information content (AvgIpc) is 3.27. The number of alkyl halides is 3. The van der Waals surface area contributed by atoms with E-state index in [1.165, 1.54) is 12.0 Å². The first-order valence-corrected chi connectivity index (χ1v) is 13.9. The van der Waals surface area contributed by atoms with E-state index in [0.717, 1.165) is 17.8 Å². The zero-order valence-corrected chi connectivity index (χ0v) is 23.6. The number of halogens is 3. The van der Waals surface area contributed by atoms with Crippen LogP contribution in [-0.2, 0) is 16.7 Å². The van der Waals surface area contributed by atoms with Gasteiger partial charge in [0.15, 0.2) is 5.11 Å². The summed E-state index contributed by atoms with van der Waals surface area (Å²) in [4.78, 5) is 18.3. The average molecular weight is 603 g/mol. The minimum absolute atomic E-state index is 0.0477. The number of methoxy groups -OCH3 is 1. The molecule has 4 aromatic rings. The molecule has 5 rings (SSSR count). The molecular weight excluding hydrogens is 581 g/mol. The van der Waals surface area contributed by atoms with Crippen molar-refractivity contribution in [2.24, 2.45) is 0 Å². The molecule has 11 heteroatoms. The third-order valence-electron chi connectivity index (χ3n) is 6.35. The maximum Gasteiger partial charge on any atom is 0.433 e. The van der Waals surface area contributed by atoms with E-state index in [1.807, 2.05) is 12.1 Å². The molecule has 3 aromatic carbocycles. The summed E-state index contributed by atoms with van der Waals surface area (Å²) in [6, 6.07) is 25.6. The standard InChI is InChI=1S/C31H21F3N4O2S2/c1-40-26-13-12-19(15-25-29(39)38(30(41)36-25)22-10-6-3-7-11-22)14-21(26)18-42-28-24(17-35)23(20-8-4-2-5-9-20)16-27(37-28)31(32,33)34/h2-16H,18H2,1H3,(H,36,41)/b25-15+. The molecule has 0 saturated carbocycles. The summed E-state index contributed by atoms with van der Waals surface area (Å²) in [5.74, 6) is 0.316. The Kier molecular flexibility index (Phi) is 8.29. The fourth-order valence-corrected chi connectivity index (χ4v) is 5.66. The second-order valence-corrected chi connectivity index (χ2v) is 10.4. The van der Waals surface area contributed by atoms with Gasteiger partial charge >= 0.3 is 6.18 Å². The van der Waals surface area contributed by atoms with Crippen molar-refractivity contribution >= 4 is 46.8 Å². The third-order valence-corrected chi connectivity index (χ3v) is 7.65. The van der Waals surface area contributed by atoms with Gasteiger partial charge in [-0.1, -0.05) is 54.6 Å². The fraction of sp³-hybridized carbons (Fsp3) is 0.0968. The van der Waals surface area contributed by atoms with Gasteiger partial charge in [0.1, 0.15) is 28.2 Å². The van der Waals surface area contributed by atoms with E-state index in [2.05, 4.69) is 10.3 Å². The molecule has 42 heavy (non-hydrogen) atoms. The summed E-state index contributed by atoms with van der Waals surface area (Å²) in [7, 11) is 1.48. The van der Waals surface area contributed by atoms with Crippen LogP contribution in [0.1, 0.15) is 22.4 Å². The first-order valence-electron chi connectivity index (χ1n) is 12.5. The normalized spacial score (nSPS) is 14.2. The highest BCUT2D eigenvalue weighted by Gasteiger charge is 2.35. The molecule has 1 aliphatic heterocycles. The van der Waals surface area contributed by atoms with E-state index in [1.54, 1.807) is 78.9 Å². The molecule has 1 aromatic heterocycles. The number of nitriles is 1. The summed E-state index contributed by atoms with van der Waals surface area (Å²) >= 11 is 6.37. The third kappa shape index (κ3) is 6.00. The number of nitrogens with zero attached hydrogens (tertiary/aromatic N) is 3. The van der Waals surface area contributed by atoms with E-state index in [4.69, 9.17) is 17.0 Å². The molecule has 0 aliphatic carbocycles. The summed E-state index contributed by atoms with van der Waals surface area (Å²) in [6.45, 7) is 0. The smallest absolute Gasteiger partial charge is 0.433 e. The Morgan fingerprint density at radius 3 is 2.40 bits per heavy atom. The lowest BCUT2D eigenvalue weighted by Gasteiger charge is -2.15. The molecule has 0 radical (unpaired) electrons. The van der Waals surface area contributed by atoms with Gasteiger partial charge in [0.05, 0.1) is 18.4 Å². The molecule has 210 valence electrons. The number of para-hydroxylation sites is 1. The number of rotatable bonds is 7. The maximum absolute atomic E-state index is 13.8. The second-order valence-electron chi connectivity index (χ2n) is 9.04. The number of pyridine rings is 1. The summed E-state index contributed by atoms with van der Waals surface area (Å²) < 4.78 is 46.9. The van der Waals surface area contributed by atoms with Gasteiger partial charge in [0, 0.05) is 16.9 Å². The van der Waals surface area contributed by atoms with E-state index < -0.39 is 11.9 Å². The number of hydrogen-bond donors (Lipinski definition) is 1. The molecule has 6 nitrogen and oxygen atoms in total. The topological polar surface area (TPSA) is 78.2 Å². The van der Waals surface area contributed by atoms with Crippen LogP contribution in [0.15, 0.2) is 95.7 Å². The summed E-state index contributed by atoms with van der Waals surface area (Å²) in [6.07, 6.45) is -3.06. The molecule has 0 spiro atoms. The molecule has 0 bridgehead atoms. The Morgan fingerprint density at radius 2 is 1.76 bits per heavy atom. The second kappa shape index (κ2) is 12.1. The number of nitrogens with one attached hydrogen (secondary N) is 1. The SMILES string of the molecule is COc1ccc(/C=C2/NC(=S)N(c3ccccc3)C2=O)cc1CSc1nc(C(F)(F)F)cc(-c2ccccc2)c1C#N.